The van der Waals surface area contributed by atoms with Crippen LogP contribution in [0.5, 0.6) is 23.0 Å². The first kappa shape index (κ1) is 21.5. The molecular formula is C27H23FN2O5. The number of ether oxygens (including phenoxy) is 3. The first-order valence-electron chi connectivity index (χ1n) is 11.5. The van der Waals surface area contributed by atoms with Crippen molar-refractivity contribution in [2.24, 2.45) is 7.05 Å². The van der Waals surface area contributed by atoms with Gasteiger partial charge in [0.15, 0.2) is 0 Å². The van der Waals surface area contributed by atoms with Gasteiger partial charge in [0.25, 0.3) is 0 Å². The lowest BCUT2D eigenvalue weighted by atomic mass is 9.98. The van der Waals surface area contributed by atoms with Crippen LogP contribution in [0.1, 0.15) is 41.6 Å². The van der Waals surface area contributed by atoms with Crippen molar-refractivity contribution >= 4 is 16.9 Å². The average molecular weight is 474 g/mol. The number of carboxylic acids is 1. The van der Waals surface area contributed by atoms with Crippen molar-refractivity contribution in [3.63, 3.8) is 0 Å². The fourth-order valence-corrected chi connectivity index (χ4v) is 5.06. The van der Waals surface area contributed by atoms with E-state index in [1.807, 2.05) is 31.3 Å². The number of benzene rings is 3. The smallest absolute Gasteiger partial charge is 0.304 e. The molecular weight excluding hydrogens is 451 g/mol. The van der Waals surface area contributed by atoms with Gasteiger partial charge >= 0.3 is 5.97 Å². The van der Waals surface area contributed by atoms with Crippen molar-refractivity contribution in [1.82, 2.24) is 9.78 Å². The minimum absolute atomic E-state index is 0.0188. The average Bonchev–Trinajstić information content (AvgIpc) is 3.54. The van der Waals surface area contributed by atoms with Crippen LogP contribution in [0.3, 0.4) is 0 Å². The summed E-state index contributed by atoms with van der Waals surface area (Å²) in [7, 11) is 1.89. The molecule has 178 valence electrons. The molecule has 0 bridgehead atoms. The van der Waals surface area contributed by atoms with Gasteiger partial charge in [0, 0.05) is 41.1 Å². The largest absolute Gasteiger partial charge is 0.492 e. The molecule has 0 fully saturated rings. The van der Waals surface area contributed by atoms with Crippen LogP contribution in [-0.2, 0) is 18.3 Å². The molecule has 2 atom stereocenters. The van der Waals surface area contributed by atoms with Crippen molar-refractivity contribution in [3.05, 3.63) is 77.2 Å². The molecule has 0 spiro atoms. The fraction of sp³-hybridized carbons (Fsp3) is 0.259. The molecule has 6 rings (SSSR count). The highest BCUT2D eigenvalue weighted by Crippen LogP contribution is 2.44. The number of nitrogens with zero attached hydrogens (tertiary/aromatic N) is 2. The number of carboxylic acid groups (broad SMARTS) is 1. The Balaban J connectivity index is 1.24. The summed E-state index contributed by atoms with van der Waals surface area (Å²) < 4.78 is 34.8. The number of aliphatic carboxylic acids is 1. The van der Waals surface area contributed by atoms with E-state index in [1.165, 1.54) is 6.07 Å². The Morgan fingerprint density at radius 2 is 2.06 bits per heavy atom. The minimum atomic E-state index is -0.858. The second-order valence-electron chi connectivity index (χ2n) is 8.98. The summed E-state index contributed by atoms with van der Waals surface area (Å²) in [5, 5.41) is 14.3. The van der Waals surface area contributed by atoms with Crippen LogP contribution in [0.4, 0.5) is 4.39 Å². The van der Waals surface area contributed by atoms with Crippen molar-refractivity contribution in [2.75, 3.05) is 6.61 Å². The van der Waals surface area contributed by atoms with Crippen LogP contribution in [0.15, 0.2) is 54.7 Å². The van der Waals surface area contributed by atoms with Gasteiger partial charge < -0.3 is 19.3 Å². The zero-order chi connectivity index (χ0) is 24.1. The summed E-state index contributed by atoms with van der Waals surface area (Å²) in [6, 6.07) is 14.2. The van der Waals surface area contributed by atoms with E-state index in [4.69, 9.17) is 19.3 Å². The molecule has 8 heteroatoms. The van der Waals surface area contributed by atoms with Crippen LogP contribution in [0.2, 0.25) is 0 Å². The SMILES string of the molecule is Cn1ncc2cc(Oc3ccc(F)c4c3CCC4Oc3ccc4c(c3)OCC4CC(=O)O)ccc21. The number of carbonyl (C=O) groups is 1. The lowest BCUT2D eigenvalue weighted by Gasteiger charge is -2.17. The summed E-state index contributed by atoms with van der Waals surface area (Å²) >= 11 is 0. The van der Waals surface area contributed by atoms with E-state index in [0.29, 0.717) is 48.0 Å². The maximum absolute atomic E-state index is 14.9. The quantitative estimate of drug-likeness (QED) is 0.396. The molecule has 1 N–H and O–H groups in total. The maximum atomic E-state index is 14.9. The number of hydrogen-bond donors (Lipinski definition) is 1. The molecule has 1 aliphatic heterocycles. The Morgan fingerprint density at radius 1 is 1.20 bits per heavy atom. The first-order valence-corrected chi connectivity index (χ1v) is 11.5. The molecule has 0 radical (unpaired) electrons. The second-order valence-corrected chi connectivity index (χ2v) is 8.98. The Kier molecular flexibility index (Phi) is 5.09. The number of halogens is 1. The van der Waals surface area contributed by atoms with Gasteiger partial charge in [-0.15, -0.1) is 0 Å². The molecule has 0 amide bonds. The van der Waals surface area contributed by atoms with Crippen molar-refractivity contribution in [2.45, 2.75) is 31.3 Å². The first-order chi connectivity index (χ1) is 17.0. The third-order valence-corrected chi connectivity index (χ3v) is 6.75. The Morgan fingerprint density at radius 3 is 2.91 bits per heavy atom. The molecule has 1 aromatic heterocycles. The monoisotopic (exact) mass is 474 g/mol. The summed E-state index contributed by atoms with van der Waals surface area (Å²) in [6.45, 7) is 0.331. The number of fused-ring (bicyclic) bond motifs is 3. The minimum Gasteiger partial charge on any atom is -0.492 e. The molecule has 7 nitrogen and oxygen atoms in total. The highest BCUT2D eigenvalue weighted by molar-refractivity contribution is 5.80. The molecule has 2 heterocycles. The van der Waals surface area contributed by atoms with Gasteiger partial charge in [-0.3, -0.25) is 9.48 Å². The van der Waals surface area contributed by atoms with E-state index < -0.39 is 12.1 Å². The van der Waals surface area contributed by atoms with Crippen LogP contribution < -0.4 is 14.2 Å². The predicted molar refractivity (Wildman–Crippen MR) is 126 cm³/mol. The number of rotatable bonds is 6. The summed E-state index contributed by atoms with van der Waals surface area (Å²) in [6.07, 6.45) is 2.60. The third-order valence-electron chi connectivity index (χ3n) is 6.75. The summed E-state index contributed by atoms with van der Waals surface area (Å²) in [5.41, 5.74) is 3.18. The molecule has 0 saturated heterocycles. The maximum Gasteiger partial charge on any atom is 0.304 e. The van der Waals surface area contributed by atoms with Crippen LogP contribution in [0.25, 0.3) is 10.9 Å². The molecule has 4 aromatic rings. The molecule has 2 unspecified atom stereocenters. The van der Waals surface area contributed by atoms with E-state index in [0.717, 1.165) is 22.0 Å². The second kappa shape index (κ2) is 8.30. The standard InChI is InChI=1S/C27H23FN2O5/c1-30-22-7-3-17(10-15(22)13-29-30)34-23-9-6-21(28)27-20(23)5-8-24(27)35-18-2-4-19-16(11-26(31)32)14-33-25(19)12-18/h2-4,6-7,9-10,12-13,16,24H,5,8,11,14H2,1H3,(H,31,32). The Labute approximate surface area is 200 Å². The lowest BCUT2D eigenvalue weighted by Crippen LogP contribution is -2.07. The van der Waals surface area contributed by atoms with Gasteiger partial charge in [0.1, 0.15) is 34.9 Å². The van der Waals surface area contributed by atoms with E-state index in [-0.39, 0.29) is 18.2 Å². The third kappa shape index (κ3) is 3.84. The Hall–Kier alpha value is -4.07. The molecule has 3 aromatic carbocycles. The molecule has 0 saturated carbocycles. The van der Waals surface area contributed by atoms with Crippen LogP contribution in [-0.4, -0.2) is 27.5 Å². The van der Waals surface area contributed by atoms with Crippen molar-refractivity contribution < 1.29 is 28.5 Å². The predicted octanol–water partition coefficient (Wildman–Crippen LogP) is 5.52. The van der Waals surface area contributed by atoms with Crippen LogP contribution in [0, 0.1) is 5.82 Å². The highest BCUT2D eigenvalue weighted by Gasteiger charge is 2.32. The normalized spacial score (nSPS) is 18.2. The lowest BCUT2D eigenvalue weighted by molar-refractivity contribution is -0.137. The van der Waals surface area contributed by atoms with Gasteiger partial charge in [-0.25, -0.2) is 4.39 Å². The van der Waals surface area contributed by atoms with E-state index in [2.05, 4.69) is 5.10 Å². The van der Waals surface area contributed by atoms with E-state index >= 15 is 0 Å². The number of aryl methyl sites for hydroxylation is 1. The van der Waals surface area contributed by atoms with Gasteiger partial charge in [0.05, 0.1) is 24.7 Å². The zero-order valence-electron chi connectivity index (χ0n) is 19.0. The van der Waals surface area contributed by atoms with E-state index in [9.17, 15) is 9.18 Å². The highest BCUT2D eigenvalue weighted by atomic mass is 19.1. The summed E-state index contributed by atoms with van der Waals surface area (Å²) in [5.74, 6) is 1.10. The van der Waals surface area contributed by atoms with Gasteiger partial charge in [-0.1, -0.05) is 6.07 Å². The van der Waals surface area contributed by atoms with Gasteiger partial charge in [-0.05, 0) is 49.2 Å². The van der Waals surface area contributed by atoms with Crippen molar-refractivity contribution in [3.8, 4) is 23.0 Å². The Bertz CT molecular complexity index is 1460. The molecule has 2 aliphatic rings. The number of aromatic nitrogens is 2. The summed E-state index contributed by atoms with van der Waals surface area (Å²) in [4.78, 5) is 11.1. The van der Waals surface area contributed by atoms with Gasteiger partial charge in [0.2, 0.25) is 0 Å². The van der Waals surface area contributed by atoms with Crippen molar-refractivity contribution in [1.29, 1.82) is 0 Å². The zero-order valence-corrected chi connectivity index (χ0v) is 19.0. The van der Waals surface area contributed by atoms with Crippen LogP contribution >= 0.6 is 0 Å². The molecule has 35 heavy (non-hydrogen) atoms. The number of hydrogen-bond acceptors (Lipinski definition) is 5. The fourth-order valence-electron chi connectivity index (χ4n) is 5.06. The van der Waals surface area contributed by atoms with E-state index in [1.54, 1.807) is 29.1 Å². The molecule has 1 aliphatic carbocycles. The topological polar surface area (TPSA) is 82.8 Å². The van der Waals surface area contributed by atoms with Gasteiger partial charge in [-0.2, -0.15) is 5.10 Å².